The third-order valence-corrected chi connectivity index (χ3v) is 3.63. The second-order valence-corrected chi connectivity index (χ2v) is 4.94. The molecule has 0 aromatic heterocycles. The van der Waals surface area contributed by atoms with E-state index in [2.05, 4.69) is 5.32 Å². The van der Waals surface area contributed by atoms with Gasteiger partial charge in [-0.1, -0.05) is 19.3 Å². The minimum atomic E-state index is 0.0169. The third kappa shape index (κ3) is 3.49. The fourth-order valence-electron chi connectivity index (χ4n) is 2.47. The van der Waals surface area contributed by atoms with Crippen LogP contribution in [0.15, 0.2) is 24.3 Å². The molecule has 1 aromatic rings. The summed E-state index contributed by atoms with van der Waals surface area (Å²) in [6.45, 7) is 0.810. The predicted molar refractivity (Wildman–Crippen MR) is 71.9 cm³/mol. The Morgan fingerprint density at radius 3 is 2.50 bits per heavy atom. The molecule has 0 atom stereocenters. The molecule has 1 aromatic carbocycles. The van der Waals surface area contributed by atoms with Gasteiger partial charge in [0.05, 0.1) is 7.11 Å². The van der Waals surface area contributed by atoms with E-state index in [1.807, 2.05) is 12.1 Å². The van der Waals surface area contributed by atoms with Gasteiger partial charge in [-0.25, -0.2) is 0 Å². The molecule has 2 rings (SSSR count). The fraction of sp³-hybridized carbons (Fsp3) is 0.533. The zero-order valence-corrected chi connectivity index (χ0v) is 10.9. The number of carbonyl (C=O) groups is 1. The van der Waals surface area contributed by atoms with Gasteiger partial charge >= 0.3 is 0 Å². The number of nitrogens with one attached hydrogen (secondary N) is 1. The first kappa shape index (κ1) is 12.9. The number of hydrogen-bond donors (Lipinski definition) is 1. The minimum Gasteiger partial charge on any atom is -0.497 e. The Morgan fingerprint density at radius 2 is 1.89 bits per heavy atom. The molecule has 0 heterocycles. The summed E-state index contributed by atoms with van der Waals surface area (Å²) in [5.41, 5.74) is 0.701. The van der Waals surface area contributed by atoms with Gasteiger partial charge in [0.15, 0.2) is 0 Å². The van der Waals surface area contributed by atoms with Crippen molar-refractivity contribution in [1.29, 1.82) is 0 Å². The number of carbonyl (C=O) groups excluding carboxylic acids is 1. The summed E-state index contributed by atoms with van der Waals surface area (Å²) in [7, 11) is 1.62. The van der Waals surface area contributed by atoms with Crippen LogP contribution in [-0.4, -0.2) is 19.6 Å². The first-order valence-corrected chi connectivity index (χ1v) is 6.72. The zero-order chi connectivity index (χ0) is 12.8. The van der Waals surface area contributed by atoms with Gasteiger partial charge in [-0.3, -0.25) is 4.79 Å². The van der Waals surface area contributed by atoms with Crippen molar-refractivity contribution in [2.24, 2.45) is 5.92 Å². The van der Waals surface area contributed by atoms with E-state index in [1.165, 1.54) is 32.1 Å². The standard InChI is InChI=1S/C15H21NO2/c1-18-14-9-7-13(8-10-14)15(17)16-11-12-5-3-2-4-6-12/h7-10,12H,2-6,11H2,1H3,(H,16,17). The Balaban J connectivity index is 1.82. The van der Waals surface area contributed by atoms with Gasteiger partial charge in [0, 0.05) is 12.1 Å². The van der Waals surface area contributed by atoms with E-state index in [-0.39, 0.29) is 5.91 Å². The molecule has 3 heteroatoms. The Morgan fingerprint density at radius 1 is 1.22 bits per heavy atom. The molecule has 0 saturated heterocycles. The molecule has 1 fully saturated rings. The topological polar surface area (TPSA) is 38.3 Å². The van der Waals surface area contributed by atoms with Crippen molar-refractivity contribution in [2.75, 3.05) is 13.7 Å². The van der Waals surface area contributed by atoms with Crippen molar-refractivity contribution in [1.82, 2.24) is 5.32 Å². The Kier molecular flexibility index (Phi) is 4.62. The highest BCUT2D eigenvalue weighted by Crippen LogP contribution is 2.22. The molecule has 1 N–H and O–H groups in total. The van der Waals surface area contributed by atoms with Crippen molar-refractivity contribution < 1.29 is 9.53 Å². The van der Waals surface area contributed by atoms with Crippen LogP contribution in [0.25, 0.3) is 0 Å². The van der Waals surface area contributed by atoms with Crippen LogP contribution in [0.2, 0.25) is 0 Å². The molecule has 3 nitrogen and oxygen atoms in total. The van der Waals surface area contributed by atoms with Crippen molar-refractivity contribution in [3.8, 4) is 5.75 Å². The Labute approximate surface area is 109 Å². The minimum absolute atomic E-state index is 0.0169. The van der Waals surface area contributed by atoms with Crippen LogP contribution in [0.3, 0.4) is 0 Å². The number of ether oxygens (including phenoxy) is 1. The van der Waals surface area contributed by atoms with E-state index in [0.29, 0.717) is 11.5 Å². The van der Waals surface area contributed by atoms with Crippen LogP contribution in [0.1, 0.15) is 42.5 Å². The van der Waals surface area contributed by atoms with Crippen molar-refractivity contribution in [3.05, 3.63) is 29.8 Å². The van der Waals surface area contributed by atoms with Crippen molar-refractivity contribution >= 4 is 5.91 Å². The summed E-state index contributed by atoms with van der Waals surface area (Å²) in [5.74, 6) is 1.46. The van der Waals surface area contributed by atoms with Gasteiger partial charge in [0.2, 0.25) is 0 Å². The molecule has 0 bridgehead atoms. The molecule has 1 aliphatic carbocycles. The largest absolute Gasteiger partial charge is 0.497 e. The lowest BCUT2D eigenvalue weighted by atomic mass is 9.89. The molecule has 18 heavy (non-hydrogen) atoms. The maximum Gasteiger partial charge on any atom is 0.251 e. The van der Waals surface area contributed by atoms with Crippen molar-refractivity contribution in [3.63, 3.8) is 0 Å². The summed E-state index contributed by atoms with van der Waals surface area (Å²) in [4.78, 5) is 11.9. The molecule has 1 aliphatic rings. The second-order valence-electron chi connectivity index (χ2n) is 4.94. The molecular weight excluding hydrogens is 226 g/mol. The Bertz CT molecular complexity index is 380. The smallest absolute Gasteiger partial charge is 0.251 e. The Hall–Kier alpha value is -1.51. The van der Waals surface area contributed by atoms with Crippen molar-refractivity contribution in [2.45, 2.75) is 32.1 Å². The van der Waals surface area contributed by atoms with Gasteiger partial charge in [0.1, 0.15) is 5.75 Å². The normalized spacial score (nSPS) is 16.3. The number of rotatable bonds is 4. The number of amides is 1. The number of methoxy groups -OCH3 is 1. The van der Waals surface area contributed by atoms with E-state index in [0.717, 1.165) is 12.3 Å². The highest BCUT2D eigenvalue weighted by molar-refractivity contribution is 5.94. The highest BCUT2D eigenvalue weighted by atomic mass is 16.5. The summed E-state index contributed by atoms with van der Waals surface area (Å²) in [6.07, 6.45) is 6.47. The van der Waals surface area contributed by atoms with Crippen LogP contribution in [0, 0.1) is 5.92 Å². The number of benzene rings is 1. The molecule has 1 amide bonds. The van der Waals surface area contributed by atoms with Gasteiger partial charge < -0.3 is 10.1 Å². The molecule has 0 unspecified atom stereocenters. The summed E-state index contributed by atoms with van der Waals surface area (Å²) in [6, 6.07) is 7.23. The second kappa shape index (κ2) is 6.43. The van der Waals surface area contributed by atoms with Gasteiger partial charge in [-0.05, 0) is 43.0 Å². The molecule has 98 valence electrons. The summed E-state index contributed by atoms with van der Waals surface area (Å²) in [5, 5.41) is 3.03. The average Bonchev–Trinajstić information content (AvgIpc) is 2.46. The van der Waals surface area contributed by atoms with Crippen LogP contribution in [0.5, 0.6) is 5.75 Å². The van der Waals surface area contributed by atoms with E-state index >= 15 is 0 Å². The van der Waals surface area contributed by atoms with Crippen LogP contribution in [0.4, 0.5) is 0 Å². The average molecular weight is 247 g/mol. The van der Waals surface area contributed by atoms with Crippen LogP contribution >= 0.6 is 0 Å². The maximum absolute atomic E-state index is 11.9. The molecule has 0 spiro atoms. The maximum atomic E-state index is 11.9. The first-order chi connectivity index (χ1) is 8.79. The van der Waals surface area contributed by atoms with Gasteiger partial charge in [-0.2, -0.15) is 0 Å². The first-order valence-electron chi connectivity index (χ1n) is 6.72. The fourth-order valence-corrected chi connectivity index (χ4v) is 2.47. The summed E-state index contributed by atoms with van der Waals surface area (Å²) >= 11 is 0. The molecule has 1 saturated carbocycles. The molecule has 0 aliphatic heterocycles. The quantitative estimate of drug-likeness (QED) is 0.888. The predicted octanol–water partition coefficient (Wildman–Crippen LogP) is 3.01. The lowest BCUT2D eigenvalue weighted by molar-refractivity contribution is 0.0943. The SMILES string of the molecule is COc1ccc(C(=O)NCC2CCCCC2)cc1. The lowest BCUT2D eigenvalue weighted by Crippen LogP contribution is -2.30. The van der Waals surface area contributed by atoms with Crippen LogP contribution in [-0.2, 0) is 0 Å². The van der Waals surface area contributed by atoms with Crippen LogP contribution < -0.4 is 10.1 Å². The van der Waals surface area contributed by atoms with E-state index in [9.17, 15) is 4.79 Å². The third-order valence-electron chi connectivity index (χ3n) is 3.63. The molecular formula is C15H21NO2. The van der Waals surface area contributed by atoms with Gasteiger partial charge in [-0.15, -0.1) is 0 Å². The zero-order valence-electron chi connectivity index (χ0n) is 10.9. The summed E-state index contributed by atoms with van der Waals surface area (Å²) < 4.78 is 5.07. The highest BCUT2D eigenvalue weighted by Gasteiger charge is 2.14. The van der Waals surface area contributed by atoms with E-state index < -0.39 is 0 Å². The monoisotopic (exact) mass is 247 g/mol. The van der Waals surface area contributed by atoms with Gasteiger partial charge in [0.25, 0.3) is 5.91 Å². The lowest BCUT2D eigenvalue weighted by Gasteiger charge is -2.21. The molecule has 0 radical (unpaired) electrons. The number of hydrogen-bond acceptors (Lipinski definition) is 2. The van der Waals surface area contributed by atoms with E-state index in [1.54, 1.807) is 19.2 Å². The van der Waals surface area contributed by atoms with E-state index in [4.69, 9.17) is 4.74 Å².